The maximum atomic E-state index is 12.1. The Morgan fingerprint density at radius 1 is 1.37 bits per heavy atom. The van der Waals surface area contributed by atoms with Crippen LogP contribution in [0.1, 0.15) is 18.4 Å². The van der Waals surface area contributed by atoms with Crippen molar-refractivity contribution in [1.82, 2.24) is 9.62 Å². The third-order valence-corrected chi connectivity index (χ3v) is 4.75. The summed E-state index contributed by atoms with van der Waals surface area (Å²) in [4.78, 5) is 2.42. The van der Waals surface area contributed by atoms with Crippen LogP contribution in [0.15, 0.2) is 23.1 Å². The number of rotatable bonds is 6. The van der Waals surface area contributed by atoms with E-state index in [2.05, 4.69) is 9.62 Å². The first-order valence-electron chi connectivity index (χ1n) is 6.45. The Kier molecular flexibility index (Phi) is 4.13. The fraction of sp³-hybridized carbons (Fsp3) is 0.538. The van der Waals surface area contributed by atoms with E-state index < -0.39 is 10.0 Å². The highest BCUT2D eigenvalue weighted by Crippen LogP contribution is 2.24. The van der Waals surface area contributed by atoms with Crippen LogP contribution in [-0.2, 0) is 10.0 Å². The van der Waals surface area contributed by atoms with Crippen molar-refractivity contribution in [3.05, 3.63) is 23.8 Å². The van der Waals surface area contributed by atoms with E-state index in [1.807, 2.05) is 14.0 Å². The van der Waals surface area contributed by atoms with Gasteiger partial charge in [-0.25, -0.2) is 13.1 Å². The minimum atomic E-state index is -3.46. The summed E-state index contributed by atoms with van der Waals surface area (Å²) in [6, 6.07) is 5.50. The molecule has 0 unspecified atom stereocenters. The zero-order chi connectivity index (χ0) is 14.0. The van der Waals surface area contributed by atoms with Crippen molar-refractivity contribution in [1.29, 1.82) is 0 Å². The number of likely N-dealkylation sites (N-methyl/N-ethyl adjacent to an activating group) is 1. The van der Waals surface area contributed by atoms with Crippen LogP contribution >= 0.6 is 0 Å². The number of hydrogen-bond donors (Lipinski definition) is 2. The van der Waals surface area contributed by atoms with E-state index in [0.717, 1.165) is 12.1 Å². The zero-order valence-electron chi connectivity index (χ0n) is 11.4. The summed E-state index contributed by atoms with van der Waals surface area (Å²) in [7, 11) is -1.44. The number of aryl methyl sites for hydroxylation is 1. The number of nitrogens with two attached hydrogens (primary N) is 1. The highest BCUT2D eigenvalue weighted by Gasteiger charge is 2.25. The number of nitrogens with zero attached hydrogens (tertiary/aromatic N) is 1. The second-order valence-electron chi connectivity index (χ2n) is 5.19. The summed E-state index contributed by atoms with van der Waals surface area (Å²) in [6.07, 6.45) is 2.44. The SMILES string of the molecule is Cc1cc(N)cc(S(=O)(=O)NCCN(C)C2CC2)c1. The van der Waals surface area contributed by atoms with Crippen molar-refractivity contribution in [2.24, 2.45) is 0 Å². The monoisotopic (exact) mass is 283 g/mol. The molecule has 0 spiro atoms. The Hall–Kier alpha value is -1.11. The van der Waals surface area contributed by atoms with Gasteiger partial charge in [-0.3, -0.25) is 0 Å². The minimum absolute atomic E-state index is 0.235. The van der Waals surface area contributed by atoms with E-state index in [-0.39, 0.29) is 4.90 Å². The topological polar surface area (TPSA) is 75.4 Å². The van der Waals surface area contributed by atoms with Gasteiger partial charge < -0.3 is 10.6 Å². The number of nitrogens with one attached hydrogen (secondary N) is 1. The normalized spacial score (nSPS) is 15.9. The lowest BCUT2D eigenvalue weighted by Crippen LogP contribution is -2.34. The van der Waals surface area contributed by atoms with Gasteiger partial charge in [-0.15, -0.1) is 0 Å². The molecule has 0 bridgehead atoms. The number of nitrogen functional groups attached to an aromatic ring is 1. The minimum Gasteiger partial charge on any atom is -0.399 e. The van der Waals surface area contributed by atoms with Crippen LogP contribution in [0.25, 0.3) is 0 Å². The Bertz CT molecular complexity index is 533. The molecule has 1 fully saturated rings. The van der Waals surface area contributed by atoms with Crippen molar-refractivity contribution in [3.8, 4) is 0 Å². The highest BCUT2D eigenvalue weighted by molar-refractivity contribution is 7.89. The van der Waals surface area contributed by atoms with E-state index in [0.29, 0.717) is 18.3 Å². The van der Waals surface area contributed by atoms with Crippen LogP contribution in [0.2, 0.25) is 0 Å². The lowest BCUT2D eigenvalue weighted by molar-refractivity contribution is 0.329. The molecular weight excluding hydrogens is 262 g/mol. The first-order valence-corrected chi connectivity index (χ1v) is 7.94. The van der Waals surface area contributed by atoms with Gasteiger partial charge >= 0.3 is 0 Å². The average molecular weight is 283 g/mol. The summed E-state index contributed by atoms with van der Waals surface area (Å²) < 4.78 is 26.9. The third kappa shape index (κ3) is 3.92. The van der Waals surface area contributed by atoms with E-state index in [4.69, 9.17) is 5.73 Å². The number of hydrogen-bond acceptors (Lipinski definition) is 4. The molecule has 1 saturated carbocycles. The van der Waals surface area contributed by atoms with E-state index >= 15 is 0 Å². The van der Waals surface area contributed by atoms with Gasteiger partial charge in [0.1, 0.15) is 0 Å². The van der Waals surface area contributed by atoms with Gasteiger partial charge in [0, 0.05) is 24.8 Å². The molecule has 0 radical (unpaired) electrons. The fourth-order valence-corrected chi connectivity index (χ4v) is 3.23. The molecule has 0 saturated heterocycles. The molecule has 1 aromatic carbocycles. The Morgan fingerprint density at radius 2 is 2.05 bits per heavy atom. The maximum absolute atomic E-state index is 12.1. The molecule has 0 atom stereocenters. The van der Waals surface area contributed by atoms with Gasteiger partial charge in [0.05, 0.1) is 4.90 Å². The summed E-state index contributed by atoms with van der Waals surface area (Å²) in [5, 5.41) is 0. The van der Waals surface area contributed by atoms with Gasteiger partial charge in [0.2, 0.25) is 10.0 Å². The largest absolute Gasteiger partial charge is 0.399 e. The van der Waals surface area contributed by atoms with Crippen molar-refractivity contribution in [2.75, 3.05) is 25.9 Å². The highest BCUT2D eigenvalue weighted by atomic mass is 32.2. The molecule has 3 N–H and O–H groups in total. The summed E-state index contributed by atoms with van der Waals surface area (Å²) in [6.45, 7) is 2.98. The van der Waals surface area contributed by atoms with Crippen molar-refractivity contribution in [2.45, 2.75) is 30.7 Å². The second-order valence-corrected chi connectivity index (χ2v) is 6.96. The first-order chi connectivity index (χ1) is 8.88. The molecule has 5 nitrogen and oxygen atoms in total. The molecule has 1 aliphatic carbocycles. The second kappa shape index (κ2) is 5.48. The zero-order valence-corrected chi connectivity index (χ0v) is 12.2. The maximum Gasteiger partial charge on any atom is 0.240 e. The van der Waals surface area contributed by atoms with E-state index in [1.165, 1.54) is 18.9 Å². The van der Waals surface area contributed by atoms with Crippen molar-refractivity contribution < 1.29 is 8.42 Å². The molecule has 1 aromatic rings. The predicted molar refractivity (Wildman–Crippen MR) is 76.4 cm³/mol. The van der Waals surface area contributed by atoms with Crippen molar-refractivity contribution in [3.63, 3.8) is 0 Å². The van der Waals surface area contributed by atoms with E-state index in [9.17, 15) is 8.42 Å². The van der Waals surface area contributed by atoms with Crippen LogP contribution < -0.4 is 10.5 Å². The van der Waals surface area contributed by atoms with Crippen LogP contribution in [0.3, 0.4) is 0 Å². The fourth-order valence-electron chi connectivity index (χ4n) is 2.07. The van der Waals surface area contributed by atoms with Gasteiger partial charge in [-0.2, -0.15) is 0 Å². The summed E-state index contributed by atoms with van der Waals surface area (Å²) in [5.41, 5.74) is 6.99. The quantitative estimate of drug-likeness (QED) is 0.762. The average Bonchev–Trinajstić information content (AvgIpc) is 3.10. The van der Waals surface area contributed by atoms with Crippen molar-refractivity contribution >= 4 is 15.7 Å². The van der Waals surface area contributed by atoms with Crippen LogP contribution in [0.5, 0.6) is 0 Å². The summed E-state index contributed by atoms with van der Waals surface area (Å²) >= 11 is 0. The van der Waals surface area contributed by atoms with Gasteiger partial charge in [-0.05, 0) is 50.6 Å². The Morgan fingerprint density at radius 3 is 2.63 bits per heavy atom. The predicted octanol–water partition coefficient (Wildman–Crippen LogP) is 0.950. The Balaban J connectivity index is 1.97. The molecule has 0 heterocycles. The number of benzene rings is 1. The smallest absolute Gasteiger partial charge is 0.240 e. The molecule has 6 heteroatoms. The van der Waals surface area contributed by atoms with Crippen LogP contribution in [0.4, 0.5) is 5.69 Å². The molecule has 1 aliphatic rings. The molecule has 0 aliphatic heterocycles. The molecule has 19 heavy (non-hydrogen) atoms. The molecule has 106 valence electrons. The molecule has 2 rings (SSSR count). The lowest BCUT2D eigenvalue weighted by Gasteiger charge is -2.16. The number of anilines is 1. The van der Waals surface area contributed by atoms with Gasteiger partial charge in [0.15, 0.2) is 0 Å². The van der Waals surface area contributed by atoms with E-state index in [1.54, 1.807) is 12.1 Å². The first kappa shape index (κ1) is 14.3. The van der Waals surface area contributed by atoms with Gasteiger partial charge in [0.25, 0.3) is 0 Å². The number of sulfonamides is 1. The summed E-state index contributed by atoms with van der Waals surface area (Å²) in [5.74, 6) is 0. The van der Waals surface area contributed by atoms with Crippen LogP contribution in [-0.4, -0.2) is 39.5 Å². The lowest BCUT2D eigenvalue weighted by atomic mass is 10.2. The Labute approximate surface area is 114 Å². The molecule has 0 amide bonds. The molecule has 0 aromatic heterocycles. The van der Waals surface area contributed by atoms with Crippen LogP contribution in [0, 0.1) is 6.92 Å². The van der Waals surface area contributed by atoms with Gasteiger partial charge in [-0.1, -0.05) is 0 Å². The third-order valence-electron chi connectivity index (χ3n) is 3.31. The standard InChI is InChI=1S/C13H21N3O2S/c1-10-7-11(14)9-13(8-10)19(17,18)15-5-6-16(2)12-3-4-12/h7-9,12,15H,3-6,14H2,1-2H3. The molecular formula is C13H21N3O2S.